The zero-order chi connectivity index (χ0) is 14.9. The Balaban J connectivity index is 2.18. The number of ketones is 1. The van der Waals surface area contributed by atoms with E-state index in [1.807, 2.05) is 26.0 Å². The number of ether oxygens (including phenoxy) is 1. The van der Waals surface area contributed by atoms with Gasteiger partial charge in [0.05, 0.1) is 11.4 Å². The topological polar surface area (TPSA) is 60.4 Å². The number of carbonyl (C=O) groups is 1. The Labute approximate surface area is 120 Å². The molecule has 1 aliphatic heterocycles. The maximum atomic E-state index is 12.3. The highest BCUT2D eigenvalue weighted by Gasteiger charge is 2.37. The number of carbonyl (C=O) groups excluding carboxylic acids is 1. The van der Waals surface area contributed by atoms with E-state index in [1.165, 1.54) is 0 Å². The molecule has 0 bridgehead atoms. The van der Waals surface area contributed by atoms with Crippen LogP contribution >= 0.6 is 0 Å². The normalized spacial score (nSPS) is 22.9. The molecule has 0 saturated carbocycles. The average molecular weight is 296 g/mol. The molecule has 2 unspecified atom stereocenters. The zero-order valence-corrected chi connectivity index (χ0v) is 12.9. The second kappa shape index (κ2) is 5.66. The maximum absolute atomic E-state index is 12.3. The first-order valence-corrected chi connectivity index (χ1v) is 8.46. The van der Waals surface area contributed by atoms with Crippen molar-refractivity contribution in [1.29, 1.82) is 0 Å². The van der Waals surface area contributed by atoms with E-state index in [9.17, 15) is 13.2 Å². The van der Waals surface area contributed by atoms with Gasteiger partial charge in [0.2, 0.25) is 0 Å². The molecule has 1 aromatic rings. The van der Waals surface area contributed by atoms with E-state index in [0.717, 1.165) is 11.1 Å². The number of Topliss-reactive ketones (excluding diaryl/α,β-unsaturated/α-hetero) is 1. The lowest BCUT2D eigenvalue weighted by molar-refractivity contribution is 0.101. The molecule has 1 heterocycles. The summed E-state index contributed by atoms with van der Waals surface area (Å²) < 4.78 is 29.9. The average Bonchev–Trinajstić information content (AvgIpc) is 2.75. The monoisotopic (exact) mass is 296 g/mol. The van der Waals surface area contributed by atoms with Crippen molar-refractivity contribution >= 4 is 15.6 Å². The van der Waals surface area contributed by atoms with Crippen LogP contribution in [0.1, 0.15) is 34.8 Å². The summed E-state index contributed by atoms with van der Waals surface area (Å²) in [4.78, 5) is 12.2. The Morgan fingerprint density at radius 3 is 2.60 bits per heavy atom. The van der Waals surface area contributed by atoms with E-state index in [4.69, 9.17) is 4.74 Å². The Morgan fingerprint density at radius 1 is 1.35 bits per heavy atom. The second-order valence-corrected chi connectivity index (χ2v) is 7.67. The van der Waals surface area contributed by atoms with E-state index in [2.05, 4.69) is 0 Å². The molecule has 1 aliphatic rings. The lowest BCUT2D eigenvalue weighted by Crippen LogP contribution is -2.33. The van der Waals surface area contributed by atoms with E-state index in [-0.39, 0.29) is 11.9 Å². The molecule has 20 heavy (non-hydrogen) atoms. The lowest BCUT2D eigenvalue weighted by Gasteiger charge is -2.15. The van der Waals surface area contributed by atoms with Crippen LogP contribution in [-0.4, -0.2) is 37.9 Å². The predicted molar refractivity (Wildman–Crippen MR) is 77.9 cm³/mol. The van der Waals surface area contributed by atoms with Crippen LogP contribution in [0, 0.1) is 13.8 Å². The van der Waals surface area contributed by atoms with Crippen LogP contribution < -0.4 is 0 Å². The van der Waals surface area contributed by atoms with Gasteiger partial charge in [-0.3, -0.25) is 4.79 Å². The third-order valence-electron chi connectivity index (χ3n) is 3.78. The standard InChI is InChI=1S/C15H20O4S/c1-10-4-5-13(11(2)8-10)14(16)9-20(17,18)15-6-7-19-12(15)3/h4-5,8,12,15H,6-7,9H2,1-3H3. The van der Waals surface area contributed by atoms with E-state index < -0.39 is 20.8 Å². The lowest BCUT2D eigenvalue weighted by atomic mass is 10.0. The molecule has 1 saturated heterocycles. The molecule has 0 spiro atoms. The minimum Gasteiger partial charge on any atom is -0.377 e. The first-order valence-electron chi connectivity index (χ1n) is 6.75. The Bertz CT molecular complexity index is 619. The quantitative estimate of drug-likeness (QED) is 0.798. The largest absolute Gasteiger partial charge is 0.377 e. The molecule has 1 fully saturated rings. The number of benzene rings is 1. The fraction of sp³-hybridized carbons (Fsp3) is 0.533. The molecule has 2 atom stereocenters. The summed E-state index contributed by atoms with van der Waals surface area (Å²) in [6, 6.07) is 5.42. The summed E-state index contributed by atoms with van der Waals surface area (Å²) in [5.74, 6) is -0.767. The molecule has 110 valence electrons. The maximum Gasteiger partial charge on any atom is 0.178 e. The number of hydrogen-bond donors (Lipinski definition) is 0. The Hall–Kier alpha value is -1.20. The Morgan fingerprint density at radius 2 is 2.05 bits per heavy atom. The van der Waals surface area contributed by atoms with E-state index in [0.29, 0.717) is 18.6 Å². The van der Waals surface area contributed by atoms with Crippen molar-refractivity contribution in [1.82, 2.24) is 0 Å². The number of sulfone groups is 1. The molecule has 0 aliphatic carbocycles. The van der Waals surface area contributed by atoms with Gasteiger partial charge in [-0.05, 0) is 32.8 Å². The molecule has 0 aromatic heterocycles. The summed E-state index contributed by atoms with van der Waals surface area (Å²) in [6.45, 7) is 5.96. The number of hydrogen-bond acceptors (Lipinski definition) is 4. The molecule has 0 N–H and O–H groups in total. The van der Waals surface area contributed by atoms with E-state index >= 15 is 0 Å². The van der Waals surface area contributed by atoms with Gasteiger partial charge >= 0.3 is 0 Å². The minimum absolute atomic E-state index is 0.327. The van der Waals surface area contributed by atoms with Crippen molar-refractivity contribution < 1.29 is 17.9 Å². The van der Waals surface area contributed by atoms with Crippen molar-refractivity contribution in [3.8, 4) is 0 Å². The molecule has 0 radical (unpaired) electrons. The fourth-order valence-electron chi connectivity index (χ4n) is 2.68. The SMILES string of the molecule is Cc1ccc(C(=O)CS(=O)(=O)C2CCOC2C)c(C)c1. The van der Waals surface area contributed by atoms with Gasteiger partial charge in [0.15, 0.2) is 15.6 Å². The van der Waals surface area contributed by atoms with Gasteiger partial charge in [-0.1, -0.05) is 23.8 Å². The van der Waals surface area contributed by atoms with E-state index in [1.54, 1.807) is 13.0 Å². The van der Waals surface area contributed by atoms with Gasteiger partial charge in [0.1, 0.15) is 5.75 Å². The Kier molecular flexibility index (Phi) is 4.30. The van der Waals surface area contributed by atoms with Gasteiger partial charge in [0, 0.05) is 12.2 Å². The predicted octanol–water partition coefficient (Wildman–Crippen LogP) is 2.08. The van der Waals surface area contributed by atoms with Crippen LogP contribution in [0.5, 0.6) is 0 Å². The molecular weight excluding hydrogens is 276 g/mol. The van der Waals surface area contributed by atoms with Gasteiger partial charge in [0.25, 0.3) is 0 Å². The highest BCUT2D eigenvalue weighted by atomic mass is 32.2. The van der Waals surface area contributed by atoms with Gasteiger partial charge in [-0.25, -0.2) is 8.42 Å². The van der Waals surface area contributed by atoms with Crippen molar-refractivity contribution in [2.75, 3.05) is 12.4 Å². The number of rotatable bonds is 4. The zero-order valence-electron chi connectivity index (χ0n) is 12.0. The smallest absolute Gasteiger partial charge is 0.178 e. The third-order valence-corrected chi connectivity index (χ3v) is 5.99. The first kappa shape index (κ1) is 15.2. The van der Waals surface area contributed by atoms with Crippen LogP contribution in [0.3, 0.4) is 0 Å². The minimum atomic E-state index is -3.46. The summed E-state index contributed by atoms with van der Waals surface area (Å²) in [6.07, 6.45) is 0.149. The van der Waals surface area contributed by atoms with Crippen molar-refractivity contribution in [2.45, 2.75) is 38.5 Å². The number of aryl methyl sites for hydroxylation is 2. The van der Waals surface area contributed by atoms with Crippen molar-refractivity contribution in [3.63, 3.8) is 0 Å². The summed E-state index contributed by atoms with van der Waals surface area (Å²) in [5.41, 5.74) is 2.37. The van der Waals surface area contributed by atoms with Crippen LogP contribution in [0.2, 0.25) is 0 Å². The summed E-state index contributed by atoms with van der Waals surface area (Å²) in [5, 5.41) is -0.558. The second-order valence-electron chi connectivity index (χ2n) is 5.45. The highest BCUT2D eigenvalue weighted by Crippen LogP contribution is 2.22. The molecule has 0 amide bonds. The van der Waals surface area contributed by atoms with Gasteiger partial charge in [-0.15, -0.1) is 0 Å². The summed E-state index contributed by atoms with van der Waals surface area (Å²) >= 11 is 0. The third kappa shape index (κ3) is 3.10. The van der Waals surface area contributed by atoms with Crippen LogP contribution in [-0.2, 0) is 14.6 Å². The molecule has 5 heteroatoms. The van der Waals surface area contributed by atoms with Crippen molar-refractivity contribution in [3.05, 3.63) is 34.9 Å². The molecule has 4 nitrogen and oxygen atoms in total. The molecular formula is C15H20O4S. The van der Waals surface area contributed by atoms with Gasteiger partial charge < -0.3 is 4.74 Å². The molecule has 1 aromatic carbocycles. The van der Waals surface area contributed by atoms with Crippen LogP contribution in [0.25, 0.3) is 0 Å². The van der Waals surface area contributed by atoms with Crippen LogP contribution in [0.15, 0.2) is 18.2 Å². The molecule has 2 rings (SSSR count). The summed E-state index contributed by atoms with van der Waals surface area (Å²) in [7, 11) is -3.46. The van der Waals surface area contributed by atoms with Gasteiger partial charge in [-0.2, -0.15) is 0 Å². The first-order chi connectivity index (χ1) is 9.31. The fourth-order valence-corrected chi connectivity index (χ4v) is 4.53. The van der Waals surface area contributed by atoms with Crippen LogP contribution in [0.4, 0.5) is 0 Å². The highest BCUT2D eigenvalue weighted by molar-refractivity contribution is 7.92. The van der Waals surface area contributed by atoms with Crippen molar-refractivity contribution in [2.24, 2.45) is 0 Å².